The Morgan fingerprint density at radius 3 is 2.79 bits per heavy atom. The molecule has 1 aromatic rings. The van der Waals surface area contributed by atoms with Crippen molar-refractivity contribution in [2.75, 3.05) is 24.3 Å². The SMILES string of the molecule is COC(=O)c1cnc(N2CC(CS(=O)(=O)F)CC2=O)c([N+](=O)[O-])c1. The number of methoxy groups -OCH3 is 1. The van der Waals surface area contributed by atoms with E-state index in [0.29, 0.717) is 0 Å². The lowest BCUT2D eigenvalue weighted by molar-refractivity contribution is -0.384. The molecule has 0 aromatic carbocycles. The number of rotatable bonds is 5. The Bertz CT molecular complexity index is 811. The molecule has 1 fully saturated rings. The molecule has 0 aliphatic carbocycles. The number of hydrogen-bond donors (Lipinski definition) is 0. The molecule has 1 saturated heterocycles. The van der Waals surface area contributed by atoms with Crippen molar-refractivity contribution in [2.45, 2.75) is 6.42 Å². The topological polar surface area (TPSA) is 137 Å². The zero-order valence-electron chi connectivity index (χ0n) is 12.3. The van der Waals surface area contributed by atoms with Gasteiger partial charge in [0.1, 0.15) is 0 Å². The van der Waals surface area contributed by atoms with Crippen LogP contribution in [0.25, 0.3) is 0 Å². The highest BCUT2D eigenvalue weighted by atomic mass is 32.3. The van der Waals surface area contributed by atoms with Crippen LogP contribution in [0.5, 0.6) is 0 Å². The highest BCUT2D eigenvalue weighted by Gasteiger charge is 2.37. The van der Waals surface area contributed by atoms with E-state index < -0.39 is 44.4 Å². The molecular weight excluding hydrogens is 349 g/mol. The molecule has 1 unspecified atom stereocenters. The first kappa shape index (κ1) is 17.7. The van der Waals surface area contributed by atoms with Crippen molar-refractivity contribution in [1.82, 2.24) is 4.98 Å². The van der Waals surface area contributed by atoms with Gasteiger partial charge >= 0.3 is 21.9 Å². The predicted octanol–water partition coefficient (Wildman–Crippen LogP) is 0.429. The van der Waals surface area contributed by atoms with E-state index in [2.05, 4.69) is 9.72 Å². The van der Waals surface area contributed by atoms with E-state index in [-0.39, 0.29) is 24.3 Å². The van der Waals surface area contributed by atoms with Crippen molar-refractivity contribution in [2.24, 2.45) is 5.92 Å². The van der Waals surface area contributed by atoms with E-state index in [0.717, 1.165) is 24.3 Å². The summed E-state index contributed by atoms with van der Waals surface area (Å²) in [6.07, 6.45) is 0.724. The minimum atomic E-state index is -4.78. The molecule has 10 nitrogen and oxygen atoms in total. The Morgan fingerprint density at radius 1 is 1.58 bits per heavy atom. The maximum Gasteiger partial charge on any atom is 0.339 e. The van der Waals surface area contributed by atoms with Crippen LogP contribution in [0.1, 0.15) is 16.8 Å². The summed E-state index contributed by atoms with van der Waals surface area (Å²) in [5.74, 6) is -3.49. The van der Waals surface area contributed by atoms with Crippen LogP contribution in [0.4, 0.5) is 15.4 Å². The Kier molecular flexibility index (Phi) is 4.78. The van der Waals surface area contributed by atoms with Crippen LogP contribution in [0.3, 0.4) is 0 Å². The van der Waals surface area contributed by atoms with Crippen LogP contribution >= 0.6 is 0 Å². The first-order chi connectivity index (χ1) is 11.1. The molecule has 2 rings (SSSR count). The largest absolute Gasteiger partial charge is 0.465 e. The summed E-state index contributed by atoms with van der Waals surface area (Å²) in [5.41, 5.74) is -0.794. The quantitative estimate of drug-likeness (QED) is 0.319. The molecule has 0 N–H and O–H groups in total. The van der Waals surface area contributed by atoms with Crippen molar-refractivity contribution in [1.29, 1.82) is 0 Å². The van der Waals surface area contributed by atoms with Crippen LogP contribution in [0.15, 0.2) is 12.3 Å². The number of pyridine rings is 1. The molecule has 1 aromatic heterocycles. The second-order valence-corrected chi connectivity index (χ2v) is 6.51. The van der Waals surface area contributed by atoms with Gasteiger partial charge in [0.2, 0.25) is 11.7 Å². The highest BCUT2D eigenvalue weighted by Crippen LogP contribution is 2.32. The summed E-state index contributed by atoms with van der Waals surface area (Å²) in [6, 6.07) is 0.903. The third-order valence-corrected chi connectivity index (χ3v) is 4.23. The van der Waals surface area contributed by atoms with Crippen molar-refractivity contribution < 1.29 is 31.6 Å². The number of halogens is 1. The molecule has 1 atom stereocenters. The lowest BCUT2D eigenvalue weighted by atomic mass is 10.1. The number of amides is 1. The summed E-state index contributed by atoms with van der Waals surface area (Å²) < 4.78 is 38.6. The average Bonchev–Trinajstić information content (AvgIpc) is 2.83. The van der Waals surface area contributed by atoms with Crippen molar-refractivity contribution in [3.05, 3.63) is 27.9 Å². The summed E-state index contributed by atoms with van der Waals surface area (Å²) in [5, 5.41) is 11.2. The number of nitro groups is 1. The van der Waals surface area contributed by atoms with Crippen molar-refractivity contribution in [3.63, 3.8) is 0 Å². The van der Waals surface area contributed by atoms with Crippen molar-refractivity contribution in [3.8, 4) is 0 Å². The molecule has 1 aliphatic rings. The smallest absolute Gasteiger partial charge is 0.339 e. The molecule has 1 amide bonds. The summed E-state index contributed by atoms with van der Waals surface area (Å²) in [4.78, 5) is 38.4. The maximum atomic E-state index is 12.8. The lowest BCUT2D eigenvalue weighted by Crippen LogP contribution is -2.27. The second-order valence-electron chi connectivity index (χ2n) is 5.10. The summed E-state index contributed by atoms with van der Waals surface area (Å²) >= 11 is 0. The molecule has 0 radical (unpaired) electrons. The number of anilines is 1. The van der Waals surface area contributed by atoms with Gasteiger partial charge in [0.15, 0.2) is 0 Å². The van der Waals surface area contributed by atoms with Crippen LogP contribution in [0.2, 0.25) is 0 Å². The zero-order valence-corrected chi connectivity index (χ0v) is 13.2. The van der Waals surface area contributed by atoms with Crippen LogP contribution in [-0.2, 0) is 19.8 Å². The monoisotopic (exact) mass is 361 g/mol. The number of carbonyl (C=O) groups is 2. The average molecular weight is 361 g/mol. The van der Waals surface area contributed by atoms with E-state index in [1.807, 2.05) is 0 Å². The Balaban J connectivity index is 2.36. The molecule has 24 heavy (non-hydrogen) atoms. The molecule has 0 saturated carbocycles. The fraction of sp³-hybridized carbons (Fsp3) is 0.417. The van der Waals surface area contributed by atoms with E-state index >= 15 is 0 Å². The predicted molar refractivity (Wildman–Crippen MR) is 77.6 cm³/mol. The summed E-state index contributed by atoms with van der Waals surface area (Å²) in [6.45, 7) is -0.229. The van der Waals surface area contributed by atoms with Gasteiger partial charge < -0.3 is 4.74 Å². The molecule has 2 heterocycles. The van der Waals surface area contributed by atoms with E-state index in [9.17, 15) is 32.0 Å². The van der Waals surface area contributed by atoms with E-state index in [1.54, 1.807) is 0 Å². The van der Waals surface area contributed by atoms with Crippen LogP contribution in [0, 0.1) is 16.0 Å². The number of carbonyl (C=O) groups excluding carboxylic acids is 2. The van der Waals surface area contributed by atoms with Gasteiger partial charge in [-0.1, -0.05) is 0 Å². The van der Waals surface area contributed by atoms with Crippen LogP contribution in [-0.4, -0.2) is 49.6 Å². The second kappa shape index (κ2) is 6.47. The van der Waals surface area contributed by atoms with Crippen molar-refractivity contribution >= 4 is 33.6 Å². The highest BCUT2D eigenvalue weighted by molar-refractivity contribution is 7.86. The third kappa shape index (κ3) is 3.82. The van der Waals surface area contributed by atoms with Gasteiger partial charge in [0.25, 0.3) is 0 Å². The molecule has 130 valence electrons. The first-order valence-electron chi connectivity index (χ1n) is 6.58. The van der Waals surface area contributed by atoms with Gasteiger partial charge in [0.05, 0.1) is 23.3 Å². The normalized spacial score (nSPS) is 17.8. The maximum absolute atomic E-state index is 12.8. The third-order valence-electron chi connectivity index (χ3n) is 3.36. The lowest BCUT2D eigenvalue weighted by Gasteiger charge is -2.15. The Hall–Kier alpha value is -2.63. The fourth-order valence-corrected chi connectivity index (χ4v) is 3.18. The number of nitrogens with zero attached hydrogens (tertiary/aromatic N) is 3. The molecular formula is C12H12FN3O7S. The fourth-order valence-electron chi connectivity index (χ4n) is 2.40. The minimum absolute atomic E-state index is 0.178. The standard InChI is InChI=1S/C12H12FN3O7S/c1-23-12(18)8-3-9(16(19)20)11(14-4-8)15-5-7(2-10(15)17)6-24(13,21)22/h3-4,7H,2,5-6H2,1H3. The first-order valence-corrected chi connectivity index (χ1v) is 8.13. The Labute approximate surface area is 135 Å². The van der Waals surface area contributed by atoms with Gasteiger partial charge in [-0.05, 0) is 0 Å². The van der Waals surface area contributed by atoms with Gasteiger partial charge in [-0.3, -0.25) is 19.8 Å². The van der Waals surface area contributed by atoms with Gasteiger partial charge in [-0.2, -0.15) is 8.42 Å². The summed E-state index contributed by atoms with van der Waals surface area (Å²) in [7, 11) is -3.69. The minimum Gasteiger partial charge on any atom is -0.465 e. The van der Waals surface area contributed by atoms with Gasteiger partial charge in [-0.15, -0.1) is 3.89 Å². The number of hydrogen-bond acceptors (Lipinski definition) is 8. The zero-order chi connectivity index (χ0) is 18.1. The van der Waals surface area contributed by atoms with E-state index in [1.165, 1.54) is 0 Å². The van der Waals surface area contributed by atoms with E-state index in [4.69, 9.17) is 0 Å². The number of aromatic nitrogens is 1. The molecule has 0 spiro atoms. The van der Waals surface area contributed by atoms with Crippen LogP contribution < -0.4 is 4.90 Å². The molecule has 0 bridgehead atoms. The molecule has 12 heteroatoms. The number of ether oxygens (including phenoxy) is 1. The van der Waals surface area contributed by atoms with Gasteiger partial charge in [0, 0.05) is 31.1 Å². The molecule has 1 aliphatic heterocycles. The Morgan fingerprint density at radius 2 is 2.25 bits per heavy atom. The van der Waals surface area contributed by atoms with Gasteiger partial charge in [-0.25, -0.2) is 9.78 Å². The number of esters is 1.